The van der Waals surface area contributed by atoms with E-state index in [4.69, 9.17) is 4.74 Å². The molecule has 134 valence electrons. The molecule has 1 aromatic heterocycles. The van der Waals surface area contributed by atoms with Crippen molar-refractivity contribution in [1.82, 2.24) is 9.88 Å². The van der Waals surface area contributed by atoms with E-state index in [1.807, 2.05) is 6.07 Å². The largest absolute Gasteiger partial charge is 0.495 e. The second kappa shape index (κ2) is 6.43. The van der Waals surface area contributed by atoms with Gasteiger partial charge in [0, 0.05) is 30.3 Å². The van der Waals surface area contributed by atoms with Crippen LogP contribution in [0.2, 0.25) is 0 Å². The molecule has 4 heteroatoms. The molecule has 3 rings (SSSR count). The lowest BCUT2D eigenvalue weighted by Gasteiger charge is -2.55. The fraction of sp³-hybridized carbons (Fsp3) is 0.476. The minimum Gasteiger partial charge on any atom is -0.495 e. The average molecular weight is 340 g/mol. The molecule has 1 aliphatic heterocycles. The van der Waals surface area contributed by atoms with Crippen molar-refractivity contribution in [2.75, 3.05) is 27.2 Å². The Bertz CT molecular complexity index is 736. The summed E-state index contributed by atoms with van der Waals surface area (Å²) in [7, 11) is 3.70. The highest BCUT2D eigenvalue weighted by Crippen LogP contribution is 2.50. The van der Waals surface area contributed by atoms with Crippen molar-refractivity contribution in [3.05, 3.63) is 59.4 Å². The summed E-state index contributed by atoms with van der Waals surface area (Å²) in [5.41, 5.74) is 1.55. The maximum absolute atomic E-state index is 12.0. The molecule has 2 aromatic rings. The molecule has 0 spiro atoms. The SMILES string of the molecule is COc1cncc([C@@](O)(c2ccc(C(C)C)cc2)C2(C)CN(C)C2)c1. The van der Waals surface area contributed by atoms with Crippen molar-refractivity contribution >= 4 is 0 Å². The van der Waals surface area contributed by atoms with Gasteiger partial charge in [0.1, 0.15) is 11.4 Å². The Kier molecular flexibility index (Phi) is 4.60. The Morgan fingerprint density at radius 1 is 1.16 bits per heavy atom. The van der Waals surface area contributed by atoms with Crippen LogP contribution in [-0.4, -0.2) is 42.2 Å². The zero-order chi connectivity index (χ0) is 18.2. The van der Waals surface area contributed by atoms with E-state index in [2.05, 4.69) is 62.0 Å². The highest BCUT2D eigenvalue weighted by Gasteiger charge is 2.55. The first-order valence-corrected chi connectivity index (χ1v) is 8.81. The predicted octanol–water partition coefficient (Wildman–Crippen LogP) is 3.40. The maximum Gasteiger partial charge on any atom is 0.137 e. The van der Waals surface area contributed by atoms with Gasteiger partial charge in [0.2, 0.25) is 0 Å². The van der Waals surface area contributed by atoms with Gasteiger partial charge >= 0.3 is 0 Å². The quantitative estimate of drug-likeness (QED) is 0.906. The molecule has 1 aliphatic rings. The number of benzene rings is 1. The van der Waals surface area contributed by atoms with Gasteiger partial charge in [-0.05, 0) is 30.2 Å². The third-order valence-corrected chi connectivity index (χ3v) is 5.47. The van der Waals surface area contributed by atoms with Crippen molar-refractivity contribution < 1.29 is 9.84 Å². The van der Waals surface area contributed by atoms with Crippen LogP contribution in [0.15, 0.2) is 42.7 Å². The number of nitrogens with zero attached hydrogens (tertiary/aromatic N) is 2. The van der Waals surface area contributed by atoms with Crippen molar-refractivity contribution in [3.8, 4) is 5.75 Å². The minimum atomic E-state index is -1.11. The first-order chi connectivity index (χ1) is 11.8. The molecule has 0 aliphatic carbocycles. The summed E-state index contributed by atoms with van der Waals surface area (Å²) in [6.45, 7) is 8.15. The molecular weight excluding hydrogens is 312 g/mol. The van der Waals surface area contributed by atoms with Gasteiger partial charge in [0.05, 0.1) is 13.3 Å². The molecule has 25 heavy (non-hydrogen) atoms. The molecule has 0 unspecified atom stereocenters. The summed E-state index contributed by atoms with van der Waals surface area (Å²) in [4.78, 5) is 6.51. The zero-order valence-electron chi connectivity index (χ0n) is 15.8. The Labute approximate surface area is 150 Å². The van der Waals surface area contributed by atoms with Gasteiger partial charge in [-0.1, -0.05) is 45.0 Å². The summed E-state index contributed by atoms with van der Waals surface area (Å²) in [6.07, 6.45) is 3.42. The van der Waals surface area contributed by atoms with Gasteiger partial charge < -0.3 is 14.7 Å². The molecule has 4 nitrogen and oxygen atoms in total. The molecule has 1 aromatic carbocycles. The second-order valence-corrected chi connectivity index (χ2v) is 7.83. The second-order valence-electron chi connectivity index (χ2n) is 7.83. The highest BCUT2D eigenvalue weighted by molar-refractivity contribution is 5.42. The van der Waals surface area contributed by atoms with Crippen LogP contribution in [0.1, 0.15) is 43.4 Å². The van der Waals surface area contributed by atoms with E-state index in [1.54, 1.807) is 19.5 Å². The van der Waals surface area contributed by atoms with Crippen LogP contribution < -0.4 is 4.74 Å². The van der Waals surface area contributed by atoms with Crippen LogP contribution in [0.3, 0.4) is 0 Å². The van der Waals surface area contributed by atoms with E-state index in [-0.39, 0.29) is 5.41 Å². The first kappa shape index (κ1) is 17.9. The van der Waals surface area contributed by atoms with E-state index < -0.39 is 5.60 Å². The number of likely N-dealkylation sites (tertiary alicyclic amines) is 1. The van der Waals surface area contributed by atoms with Crippen LogP contribution in [0.4, 0.5) is 0 Å². The number of methoxy groups -OCH3 is 1. The summed E-state index contributed by atoms with van der Waals surface area (Å²) in [5, 5.41) is 12.0. The molecular formula is C21H28N2O2. The smallest absolute Gasteiger partial charge is 0.137 e. The van der Waals surface area contributed by atoms with Gasteiger partial charge in [0.25, 0.3) is 0 Å². The first-order valence-electron chi connectivity index (χ1n) is 8.81. The molecule has 0 bridgehead atoms. The molecule has 1 saturated heterocycles. The summed E-state index contributed by atoms with van der Waals surface area (Å²) in [5.74, 6) is 1.12. The van der Waals surface area contributed by atoms with Crippen molar-refractivity contribution in [1.29, 1.82) is 0 Å². The normalized spacial score (nSPS) is 19.3. The van der Waals surface area contributed by atoms with Gasteiger partial charge in [-0.15, -0.1) is 0 Å². The summed E-state index contributed by atoms with van der Waals surface area (Å²) >= 11 is 0. The molecule has 0 amide bonds. The Hall–Kier alpha value is -1.91. The summed E-state index contributed by atoms with van der Waals surface area (Å²) < 4.78 is 5.34. The fourth-order valence-electron chi connectivity index (χ4n) is 4.08. The van der Waals surface area contributed by atoms with Crippen LogP contribution in [-0.2, 0) is 5.60 Å². The van der Waals surface area contributed by atoms with Crippen LogP contribution in [0.25, 0.3) is 0 Å². The molecule has 1 fully saturated rings. The molecule has 1 atom stereocenters. The predicted molar refractivity (Wildman–Crippen MR) is 99.9 cm³/mol. The molecule has 1 N–H and O–H groups in total. The lowest BCUT2D eigenvalue weighted by Crippen LogP contribution is -2.63. The maximum atomic E-state index is 12.0. The number of hydrogen-bond donors (Lipinski definition) is 1. The lowest BCUT2D eigenvalue weighted by molar-refractivity contribution is -0.127. The number of aliphatic hydroxyl groups is 1. The van der Waals surface area contributed by atoms with E-state index in [9.17, 15) is 5.11 Å². The lowest BCUT2D eigenvalue weighted by atomic mass is 9.62. The fourth-order valence-corrected chi connectivity index (χ4v) is 4.08. The Balaban J connectivity index is 2.12. The minimum absolute atomic E-state index is 0.283. The van der Waals surface area contributed by atoms with E-state index in [1.165, 1.54) is 5.56 Å². The topological polar surface area (TPSA) is 45.6 Å². The van der Waals surface area contributed by atoms with Crippen LogP contribution in [0, 0.1) is 5.41 Å². The molecule has 0 saturated carbocycles. The number of rotatable bonds is 5. The van der Waals surface area contributed by atoms with Crippen molar-refractivity contribution in [3.63, 3.8) is 0 Å². The third-order valence-electron chi connectivity index (χ3n) is 5.47. The Morgan fingerprint density at radius 2 is 1.80 bits per heavy atom. The van der Waals surface area contributed by atoms with Crippen molar-refractivity contribution in [2.24, 2.45) is 5.41 Å². The standard InChI is InChI=1S/C21H28N2O2/c1-15(2)16-6-8-17(9-7-16)21(24,20(3)13-23(4)14-20)18-10-19(25-5)12-22-11-18/h6-12,15,24H,13-14H2,1-5H3/t21-/m0/s1. The summed E-state index contributed by atoms with van der Waals surface area (Å²) in [6, 6.07) is 10.2. The monoisotopic (exact) mass is 340 g/mol. The van der Waals surface area contributed by atoms with Crippen LogP contribution >= 0.6 is 0 Å². The zero-order valence-corrected chi connectivity index (χ0v) is 15.8. The van der Waals surface area contributed by atoms with Gasteiger partial charge in [-0.3, -0.25) is 4.98 Å². The van der Waals surface area contributed by atoms with E-state index >= 15 is 0 Å². The number of pyridine rings is 1. The number of ether oxygens (including phenoxy) is 1. The highest BCUT2D eigenvalue weighted by atomic mass is 16.5. The third kappa shape index (κ3) is 2.94. The number of aromatic nitrogens is 1. The van der Waals surface area contributed by atoms with E-state index in [0.717, 1.165) is 24.2 Å². The number of hydrogen-bond acceptors (Lipinski definition) is 4. The Morgan fingerprint density at radius 3 is 2.32 bits per heavy atom. The van der Waals surface area contributed by atoms with Gasteiger partial charge in [-0.25, -0.2) is 0 Å². The van der Waals surface area contributed by atoms with Crippen molar-refractivity contribution in [2.45, 2.75) is 32.3 Å². The molecule has 0 radical (unpaired) electrons. The average Bonchev–Trinajstić information content (AvgIpc) is 2.59. The van der Waals surface area contributed by atoms with Crippen LogP contribution in [0.5, 0.6) is 5.75 Å². The van der Waals surface area contributed by atoms with Gasteiger partial charge in [-0.2, -0.15) is 0 Å². The molecule has 2 heterocycles. The van der Waals surface area contributed by atoms with Gasteiger partial charge in [0.15, 0.2) is 0 Å². The van der Waals surface area contributed by atoms with E-state index in [0.29, 0.717) is 11.7 Å².